The molecule has 0 aromatic heterocycles. The van der Waals surface area contributed by atoms with Crippen molar-refractivity contribution in [3.63, 3.8) is 0 Å². The zero-order valence-corrected chi connectivity index (χ0v) is 24.1. The molecule has 0 aliphatic carbocycles. The van der Waals surface area contributed by atoms with Gasteiger partial charge in [0.1, 0.15) is 31.7 Å². The first-order valence-corrected chi connectivity index (χ1v) is 13.0. The van der Waals surface area contributed by atoms with Crippen LogP contribution in [-0.4, -0.2) is 55.8 Å². The number of hydrogen-bond donors (Lipinski definition) is 0. The van der Waals surface area contributed by atoms with Gasteiger partial charge in [-0.3, -0.25) is 14.4 Å². The summed E-state index contributed by atoms with van der Waals surface area (Å²) in [6, 6.07) is 11.0. The number of rotatable bonds is 13. The van der Waals surface area contributed by atoms with Crippen LogP contribution in [0, 0.1) is 0 Å². The maximum atomic E-state index is 11.4. The summed E-state index contributed by atoms with van der Waals surface area (Å²) in [4.78, 5) is 33.6. The van der Waals surface area contributed by atoms with Crippen LogP contribution in [0.5, 0.6) is 11.5 Å². The van der Waals surface area contributed by atoms with E-state index >= 15 is 0 Å². The fourth-order valence-corrected chi connectivity index (χ4v) is 4.21. The van der Waals surface area contributed by atoms with Crippen LogP contribution in [0.4, 0.5) is 0 Å². The summed E-state index contributed by atoms with van der Waals surface area (Å²) in [6.07, 6.45) is -1.37. The van der Waals surface area contributed by atoms with Gasteiger partial charge in [0, 0.05) is 26.2 Å². The highest BCUT2D eigenvalue weighted by atomic mass is 35.5. The molecule has 0 spiro atoms. The Hall–Kier alpha value is -2.68. The molecule has 0 bridgehead atoms. The Morgan fingerprint density at radius 1 is 0.763 bits per heavy atom. The molecule has 0 aliphatic rings. The van der Waals surface area contributed by atoms with Gasteiger partial charge in [0.15, 0.2) is 11.9 Å². The van der Waals surface area contributed by atoms with E-state index in [9.17, 15) is 14.4 Å². The van der Waals surface area contributed by atoms with Crippen molar-refractivity contribution in [2.24, 2.45) is 0 Å². The van der Waals surface area contributed by atoms with Gasteiger partial charge in [0.05, 0.1) is 15.9 Å². The molecule has 2 aromatic carbocycles. The second-order valence-electron chi connectivity index (χ2n) is 8.96. The minimum atomic E-state index is -0.825. The SMILES string of the molecule is CC(=O)OC[C@H](COc1c(Cl)cc(C(C)(C)c2ccc(OC[C@H](CCl)OC(C)=O)cc2)cc1Cl)OC(C)=O. The Morgan fingerprint density at radius 2 is 1.29 bits per heavy atom. The molecule has 208 valence electrons. The zero-order valence-electron chi connectivity index (χ0n) is 21.8. The monoisotopic (exact) mass is 588 g/mol. The first kappa shape index (κ1) is 31.5. The van der Waals surface area contributed by atoms with Crippen LogP contribution in [0.3, 0.4) is 0 Å². The predicted molar refractivity (Wildman–Crippen MR) is 144 cm³/mol. The van der Waals surface area contributed by atoms with Crippen molar-refractivity contribution in [2.75, 3.05) is 25.7 Å². The molecule has 0 radical (unpaired) electrons. The van der Waals surface area contributed by atoms with E-state index in [2.05, 4.69) is 0 Å². The average Bonchev–Trinajstić information content (AvgIpc) is 2.83. The third kappa shape index (κ3) is 9.57. The van der Waals surface area contributed by atoms with Gasteiger partial charge in [-0.25, -0.2) is 0 Å². The molecule has 0 heterocycles. The first-order chi connectivity index (χ1) is 17.8. The highest BCUT2D eigenvalue weighted by molar-refractivity contribution is 6.37. The average molecular weight is 590 g/mol. The number of alkyl halides is 1. The molecule has 2 atom stereocenters. The standard InChI is InChI=1S/C27H31Cl3O8/c1-16(31)34-14-23(38-18(3)33)15-36-26-24(29)10-20(11-25(26)30)27(4,5)19-6-8-21(9-7-19)35-13-22(12-28)37-17(2)32/h6-11,22-23H,12-15H2,1-5H3/t22-,23+/m0/s1. The van der Waals surface area contributed by atoms with Crippen LogP contribution in [0.2, 0.25) is 10.0 Å². The summed E-state index contributed by atoms with van der Waals surface area (Å²) >= 11 is 18.9. The summed E-state index contributed by atoms with van der Waals surface area (Å²) in [6.45, 7) is 7.72. The van der Waals surface area contributed by atoms with Gasteiger partial charge in [-0.1, -0.05) is 49.2 Å². The van der Waals surface area contributed by atoms with E-state index in [-0.39, 0.29) is 41.5 Å². The summed E-state index contributed by atoms with van der Waals surface area (Å²) in [5, 5.41) is 0.541. The normalized spacial score (nSPS) is 12.7. The number of halogens is 3. The lowest BCUT2D eigenvalue weighted by atomic mass is 9.78. The summed E-state index contributed by atoms with van der Waals surface area (Å²) in [5.41, 5.74) is 1.31. The predicted octanol–water partition coefficient (Wildman–Crippen LogP) is 5.74. The van der Waals surface area contributed by atoms with E-state index in [4.69, 9.17) is 58.5 Å². The molecule has 11 heteroatoms. The number of hydrogen-bond acceptors (Lipinski definition) is 8. The third-order valence-corrected chi connectivity index (χ3v) is 6.36. The van der Waals surface area contributed by atoms with Gasteiger partial charge in [-0.2, -0.15) is 0 Å². The van der Waals surface area contributed by atoms with Crippen LogP contribution in [0.1, 0.15) is 45.7 Å². The van der Waals surface area contributed by atoms with Gasteiger partial charge in [0.2, 0.25) is 0 Å². The van der Waals surface area contributed by atoms with Gasteiger partial charge in [-0.05, 0) is 35.4 Å². The zero-order chi connectivity index (χ0) is 28.5. The van der Waals surface area contributed by atoms with Crippen LogP contribution in [0.25, 0.3) is 0 Å². The molecule has 38 heavy (non-hydrogen) atoms. The molecule has 0 unspecified atom stereocenters. The van der Waals surface area contributed by atoms with Crippen LogP contribution < -0.4 is 9.47 Å². The van der Waals surface area contributed by atoms with Crippen molar-refractivity contribution < 1.29 is 38.1 Å². The second-order valence-corrected chi connectivity index (χ2v) is 10.1. The molecule has 8 nitrogen and oxygen atoms in total. The molecule has 2 aromatic rings. The van der Waals surface area contributed by atoms with Crippen molar-refractivity contribution in [1.82, 2.24) is 0 Å². The molecule has 0 fully saturated rings. The fourth-order valence-electron chi connectivity index (χ4n) is 3.46. The molecule has 0 aliphatic heterocycles. The Bertz CT molecular complexity index is 1090. The molecular weight excluding hydrogens is 559 g/mol. The number of benzene rings is 2. The summed E-state index contributed by atoms with van der Waals surface area (Å²) < 4.78 is 26.6. The first-order valence-electron chi connectivity index (χ1n) is 11.7. The van der Waals surface area contributed by atoms with Gasteiger partial charge < -0.3 is 23.7 Å². The van der Waals surface area contributed by atoms with Gasteiger partial charge in [-0.15, -0.1) is 11.6 Å². The van der Waals surface area contributed by atoms with E-state index in [1.807, 2.05) is 38.1 Å². The van der Waals surface area contributed by atoms with Crippen molar-refractivity contribution >= 4 is 52.7 Å². The summed E-state index contributed by atoms with van der Waals surface area (Å²) in [7, 11) is 0. The van der Waals surface area contributed by atoms with Gasteiger partial charge in [0.25, 0.3) is 0 Å². The van der Waals surface area contributed by atoms with Crippen molar-refractivity contribution in [1.29, 1.82) is 0 Å². The van der Waals surface area contributed by atoms with E-state index in [0.29, 0.717) is 5.75 Å². The van der Waals surface area contributed by atoms with E-state index in [1.54, 1.807) is 12.1 Å². The van der Waals surface area contributed by atoms with Crippen LogP contribution in [0.15, 0.2) is 36.4 Å². The van der Waals surface area contributed by atoms with Crippen LogP contribution >= 0.6 is 34.8 Å². The molecule has 0 saturated carbocycles. The highest BCUT2D eigenvalue weighted by Crippen LogP contribution is 2.40. The van der Waals surface area contributed by atoms with Crippen molar-refractivity contribution in [3.8, 4) is 11.5 Å². The fraction of sp³-hybridized carbons (Fsp3) is 0.444. The third-order valence-electron chi connectivity index (χ3n) is 5.46. The maximum absolute atomic E-state index is 11.4. The molecule has 0 saturated heterocycles. The number of esters is 3. The Kier molecular flexibility index (Phi) is 12.0. The Labute approximate surface area is 237 Å². The van der Waals surface area contributed by atoms with Crippen molar-refractivity contribution in [2.45, 2.75) is 52.2 Å². The Morgan fingerprint density at radius 3 is 1.79 bits per heavy atom. The lowest BCUT2D eigenvalue weighted by molar-refractivity contribution is -0.158. The number of ether oxygens (including phenoxy) is 5. The second kappa shape index (κ2) is 14.5. The molecular formula is C27H31Cl3O8. The molecule has 2 rings (SSSR count). The minimum absolute atomic E-state index is 0.113. The van der Waals surface area contributed by atoms with Crippen molar-refractivity contribution in [3.05, 3.63) is 57.6 Å². The summed E-state index contributed by atoms with van der Waals surface area (Å²) in [5.74, 6) is -0.523. The van der Waals surface area contributed by atoms with E-state index in [0.717, 1.165) is 11.1 Å². The van der Waals surface area contributed by atoms with Crippen LogP contribution in [-0.2, 0) is 34.0 Å². The molecule has 0 N–H and O–H groups in total. The number of carbonyl (C=O) groups is 3. The largest absolute Gasteiger partial charge is 0.490 e. The van der Waals surface area contributed by atoms with E-state index in [1.165, 1.54) is 20.8 Å². The minimum Gasteiger partial charge on any atom is -0.490 e. The topological polar surface area (TPSA) is 97.4 Å². The lowest BCUT2D eigenvalue weighted by Crippen LogP contribution is -2.30. The highest BCUT2D eigenvalue weighted by Gasteiger charge is 2.26. The maximum Gasteiger partial charge on any atom is 0.303 e. The molecule has 0 amide bonds. The smallest absolute Gasteiger partial charge is 0.303 e. The number of carbonyl (C=O) groups excluding carboxylic acids is 3. The van der Waals surface area contributed by atoms with E-state index < -0.39 is 35.5 Å². The quantitative estimate of drug-likeness (QED) is 0.166. The Balaban J connectivity index is 2.14. The van der Waals surface area contributed by atoms with Gasteiger partial charge >= 0.3 is 17.9 Å². The lowest BCUT2D eigenvalue weighted by Gasteiger charge is -2.27.